The average Bonchev–Trinajstić information content (AvgIpc) is 2.59. The summed E-state index contributed by atoms with van der Waals surface area (Å²) in [6, 6.07) is 7.74. The van der Waals surface area contributed by atoms with Gasteiger partial charge in [0.1, 0.15) is 5.75 Å². The van der Waals surface area contributed by atoms with Gasteiger partial charge in [-0.1, -0.05) is 0 Å². The first-order chi connectivity index (χ1) is 6.70. The van der Waals surface area contributed by atoms with E-state index < -0.39 is 6.10 Å². The van der Waals surface area contributed by atoms with Gasteiger partial charge in [-0.2, -0.15) is 0 Å². The molecule has 0 saturated carbocycles. The summed E-state index contributed by atoms with van der Waals surface area (Å²) >= 11 is 0. The minimum absolute atomic E-state index is 0.464. The lowest BCUT2D eigenvalue weighted by Gasteiger charge is -1.98. The molecule has 3 nitrogen and oxygen atoms in total. The third-order valence-electron chi connectivity index (χ3n) is 2.30. The lowest BCUT2D eigenvalue weighted by atomic mass is 10.2. The molecule has 2 rings (SSSR count). The van der Waals surface area contributed by atoms with Gasteiger partial charge in [0.15, 0.2) is 0 Å². The molecule has 0 saturated heterocycles. The molecule has 0 aliphatic rings. The Balaban J connectivity index is 2.54. The van der Waals surface area contributed by atoms with Crippen LogP contribution in [0.5, 0.6) is 5.75 Å². The van der Waals surface area contributed by atoms with Crippen LogP contribution in [0, 0.1) is 0 Å². The maximum atomic E-state index is 9.39. The van der Waals surface area contributed by atoms with E-state index in [9.17, 15) is 5.11 Å². The molecule has 0 radical (unpaired) electrons. The second-order valence-corrected chi connectivity index (χ2v) is 3.35. The van der Waals surface area contributed by atoms with E-state index in [1.165, 1.54) is 0 Å². The van der Waals surface area contributed by atoms with Gasteiger partial charge in [-0.15, -0.1) is 0 Å². The summed E-state index contributed by atoms with van der Waals surface area (Å²) in [5.74, 6) is 0.816. The van der Waals surface area contributed by atoms with Crippen LogP contribution < -0.4 is 4.74 Å². The van der Waals surface area contributed by atoms with Crippen LogP contribution in [-0.4, -0.2) is 17.2 Å². The number of aromatic amines is 1. The van der Waals surface area contributed by atoms with Gasteiger partial charge in [0.2, 0.25) is 0 Å². The number of H-pyrrole nitrogens is 1. The molecule has 2 N–H and O–H groups in total. The standard InChI is InChI=1S/C11H13NO2/c1-7(13)10-5-8-3-4-9(14-2)6-11(8)12-10/h3-7,12-13H,1-2H3/t7-/m1/s1. The van der Waals surface area contributed by atoms with E-state index in [2.05, 4.69) is 4.98 Å². The Labute approximate surface area is 82.3 Å². The molecular formula is C11H13NO2. The number of fused-ring (bicyclic) bond motifs is 1. The van der Waals surface area contributed by atoms with Crippen LogP contribution in [0.2, 0.25) is 0 Å². The first kappa shape index (κ1) is 9.09. The fraction of sp³-hybridized carbons (Fsp3) is 0.273. The average molecular weight is 191 g/mol. The molecule has 0 spiro atoms. The molecule has 0 fully saturated rings. The van der Waals surface area contributed by atoms with E-state index in [-0.39, 0.29) is 0 Å². The number of benzene rings is 1. The topological polar surface area (TPSA) is 45.2 Å². The smallest absolute Gasteiger partial charge is 0.120 e. The van der Waals surface area contributed by atoms with E-state index in [0.717, 1.165) is 22.3 Å². The second-order valence-electron chi connectivity index (χ2n) is 3.35. The first-order valence-corrected chi connectivity index (χ1v) is 4.55. The zero-order valence-corrected chi connectivity index (χ0v) is 8.24. The lowest BCUT2D eigenvalue weighted by molar-refractivity contribution is 0.195. The van der Waals surface area contributed by atoms with E-state index in [1.54, 1.807) is 14.0 Å². The third-order valence-corrected chi connectivity index (χ3v) is 2.30. The van der Waals surface area contributed by atoms with Crippen molar-refractivity contribution in [1.29, 1.82) is 0 Å². The summed E-state index contributed by atoms with van der Waals surface area (Å²) in [6.45, 7) is 1.74. The predicted molar refractivity (Wildman–Crippen MR) is 55.5 cm³/mol. The number of ether oxygens (including phenoxy) is 1. The molecule has 0 bridgehead atoms. The molecule has 0 amide bonds. The molecule has 1 atom stereocenters. The van der Waals surface area contributed by atoms with Crippen molar-refractivity contribution in [2.24, 2.45) is 0 Å². The third kappa shape index (κ3) is 1.46. The van der Waals surface area contributed by atoms with Crippen LogP contribution >= 0.6 is 0 Å². The van der Waals surface area contributed by atoms with Crippen molar-refractivity contribution in [3.8, 4) is 5.75 Å². The van der Waals surface area contributed by atoms with Crippen molar-refractivity contribution in [1.82, 2.24) is 4.98 Å². The Hall–Kier alpha value is -1.48. The zero-order chi connectivity index (χ0) is 10.1. The Morgan fingerprint density at radius 3 is 2.79 bits per heavy atom. The fourth-order valence-electron chi connectivity index (χ4n) is 1.48. The van der Waals surface area contributed by atoms with Crippen LogP contribution in [0.15, 0.2) is 24.3 Å². The number of nitrogens with one attached hydrogen (secondary N) is 1. The highest BCUT2D eigenvalue weighted by Crippen LogP contribution is 2.23. The summed E-state index contributed by atoms with van der Waals surface area (Å²) in [6.07, 6.45) is -0.464. The van der Waals surface area contributed by atoms with Crippen molar-refractivity contribution in [3.63, 3.8) is 0 Å². The molecule has 0 aliphatic heterocycles. The van der Waals surface area contributed by atoms with E-state index in [4.69, 9.17) is 4.74 Å². The van der Waals surface area contributed by atoms with Crippen LogP contribution in [0.1, 0.15) is 18.7 Å². The molecule has 2 aromatic rings. The fourth-order valence-corrected chi connectivity index (χ4v) is 1.48. The van der Waals surface area contributed by atoms with Crippen molar-refractivity contribution in [2.45, 2.75) is 13.0 Å². The molecule has 1 heterocycles. The van der Waals surface area contributed by atoms with Crippen LogP contribution in [0.25, 0.3) is 10.9 Å². The van der Waals surface area contributed by atoms with E-state index >= 15 is 0 Å². The summed E-state index contributed by atoms with van der Waals surface area (Å²) in [7, 11) is 1.64. The number of aliphatic hydroxyl groups is 1. The highest BCUT2D eigenvalue weighted by molar-refractivity contribution is 5.81. The molecule has 3 heteroatoms. The monoisotopic (exact) mass is 191 g/mol. The summed E-state index contributed by atoms with van der Waals surface area (Å²) in [5, 5.41) is 10.5. The number of rotatable bonds is 2. The van der Waals surface area contributed by atoms with Crippen molar-refractivity contribution >= 4 is 10.9 Å². The number of methoxy groups -OCH3 is 1. The molecule has 1 aromatic carbocycles. The largest absolute Gasteiger partial charge is 0.497 e. The quantitative estimate of drug-likeness (QED) is 0.764. The highest BCUT2D eigenvalue weighted by Gasteiger charge is 2.05. The van der Waals surface area contributed by atoms with E-state index in [1.807, 2.05) is 24.3 Å². The van der Waals surface area contributed by atoms with Gasteiger partial charge in [0.25, 0.3) is 0 Å². The second kappa shape index (κ2) is 3.35. The normalized spacial score (nSPS) is 13.1. The summed E-state index contributed by atoms with van der Waals surface area (Å²) in [4.78, 5) is 3.14. The minimum Gasteiger partial charge on any atom is -0.497 e. The van der Waals surface area contributed by atoms with Gasteiger partial charge in [-0.25, -0.2) is 0 Å². The zero-order valence-electron chi connectivity index (χ0n) is 8.24. The first-order valence-electron chi connectivity index (χ1n) is 4.55. The Morgan fingerprint density at radius 2 is 2.14 bits per heavy atom. The Morgan fingerprint density at radius 1 is 1.36 bits per heavy atom. The van der Waals surface area contributed by atoms with E-state index in [0.29, 0.717) is 0 Å². The minimum atomic E-state index is -0.464. The van der Waals surface area contributed by atoms with Gasteiger partial charge >= 0.3 is 0 Å². The Kier molecular flexibility index (Phi) is 2.17. The highest BCUT2D eigenvalue weighted by atomic mass is 16.5. The van der Waals surface area contributed by atoms with Gasteiger partial charge < -0.3 is 14.8 Å². The number of hydrogen-bond donors (Lipinski definition) is 2. The molecular weight excluding hydrogens is 178 g/mol. The predicted octanol–water partition coefficient (Wildman–Crippen LogP) is 2.23. The van der Waals surface area contributed by atoms with Crippen LogP contribution in [0.4, 0.5) is 0 Å². The van der Waals surface area contributed by atoms with Crippen molar-refractivity contribution < 1.29 is 9.84 Å². The van der Waals surface area contributed by atoms with Crippen molar-refractivity contribution in [3.05, 3.63) is 30.0 Å². The molecule has 0 unspecified atom stereocenters. The maximum Gasteiger partial charge on any atom is 0.120 e. The summed E-state index contributed by atoms with van der Waals surface area (Å²) < 4.78 is 5.11. The SMILES string of the molecule is COc1ccc2cc([C@@H](C)O)[nH]c2c1. The lowest BCUT2D eigenvalue weighted by Crippen LogP contribution is -1.89. The Bertz CT molecular complexity index is 445. The number of hydrogen-bond acceptors (Lipinski definition) is 2. The van der Waals surface area contributed by atoms with Gasteiger partial charge in [-0.05, 0) is 25.1 Å². The van der Waals surface area contributed by atoms with Gasteiger partial charge in [0, 0.05) is 22.7 Å². The van der Waals surface area contributed by atoms with Crippen LogP contribution in [-0.2, 0) is 0 Å². The van der Waals surface area contributed by atoms with Crippen molar-refractivity contribution in [2.75, 3.05) is 7.11 Å². The van der Waals surface area contributed by atoms with Crippen LogP contribution in [0.3, 0.4) is 0 Å². The number of aromatic nitrogens is 1. The molecule has 1 aromatic heterocycles. The van der Waals surface area contributed by atoms with Gasteiger partial charge in [-0.3, -0.25) is 0 Å². The number of aliphatic hydroxyl groups excluding tert-OH is 1. The molecule has 0 aliphatic carbocycles. The summed E-state index contributed by atoms with van der Waals surface area (Å²) in [5.41, 5.74) is 1.81. The molecule has 74 valence electrons. The maximum absolute atomic E-state index is 9.39. The van der Waals surface area contributed by atoms with Gasteiger partial charge in [0.05, 0.1) is 13.2 Å². The molecule has 14 heavy (non-hydrogen) atoms.